The first kappa shape index (κ1) is 25.4. The number of nitrogens with zero attached hydrogens (tertiary/aromatic N) is 4. The Balaban J connectivity index is 0.00000341. The van der Waals surface area contributed by atoms with E-state index >= 15 is 0 Å². The number of likely N-dealkylation sites (N-methyl/N-ethyl adjacent to an activating group) is 1. The number of anilines is 1. The second-order valence-corrected chi connectivity index (χ2v) is 8.01. The first-order chi connectivity index (χ1) is 14.4. The second-order valence-electron chi connectivity index (χ2n) is 8.01. The topological polar surface area (TPSA) is 89.2 Å². The highest BCUT2D eigenvalue weighted by Gasteiger charge is 2.27. The SMILES string of the molecule is CCNC(=NCc1cccnc1N1CCN(C)CC1)NCC(C)(O)c1ccc(C)o1.I. The van der Waals surface area contributed by atoms with E-state index in [-0.39, 0.29) is 30.5 Å². The molecule has 1 fully saturated rings. The van der Waals surface area contributed by atoms with Crippen LogP contribution < -0.4 is 15.5 Å². The number of aliphatic imine (C=N–C) groups is 1. The molecule has 3 N–H and O–H groups in total. The molecule has 0 spiro atoms. The number of guanidine groups is 1. The molecule has 2 aromatic heterocycles. The number of hydrogen-bond acceptors (Lipinski definition) is 6. The molecule has 0 radical (unpaired) electrons. The van der Waals surface area contributed by atoms with Crippen molar-refractivity contribution in [2.45, 2.75) is 32.9 Å². The molecule has 1 aliphatic rings. The van der Waals surface area contributed by atoms with Crippen molar-refractivity contribution in [3.05, 3.63) is 47.5 Å². The number of aromatic nitrogens is 1. The summed E-state index contributed by atoms with van der Waals surface area (Å²) in [7, 11) is 2.15. The van der Waals surface area contributed by atoms with Gasteiger partial charge in [-0.25, -0.2) is 9.98 Å². The third kappa shape index (κ3) is 7.08. The number of furan rings is 1. The van der Waals surface area contributed by atoms with Crippen LogP contribution in [-0.4, -0.2) is 67.3 Å². The lowest BCUT2D eigenvalue weighted by molar-refractivity contribution is 0.0378. The van der Waals surface area contributed by atoms with Crippen molar-refractivity contribution >= 4 is 35.8 Å². The summed E-state index contributed by atoms with van der Waals surface area (Å²) in [6, 6.07) is 7.69. The van der Waals surface area contributed by atoms with Crippen molar-refractivity contribution in [2.75, 3.05) is 51.2 Å². The molecule has 0 aromatic carbocycles. The molecular weight excluding hydrogens is 507 g/mol. The van der Waals surface area contributed by atoms with Gasteiger partial charge in [0.2, 0.25) is 0 Å². The average Bonchev–Trinajstić information content (AvgIpc) is 3.18. The van der Waals surface area contributed by atoms with Crippen LogP contribution >= 0.6 is 24.0 Å². The van der Waals surface area contributed by atoms with E-state index in [1.54, 1.807) is 13.0 Å². The van der Waals surface area contributed by atoms with Crippen LogP contribution in [0.4, 0.5) is 5.82 Å². The van der Waals surface area contributed by atoms with Crippen molar-refractivity contribution in [2.24, 2.45) is 4.99 Å². The van der Waals surface area contributed by atoms with E-state index in [2.05, 4.69) is 38.5 Å². The fourth-order valence-electron chi connectivity index (χ4n) is 3.43. The molecule has 8 nitrogen and oxygen atoms in total. The minimum Gasteiger partial charge on any atom is -0.463 e. The standard InChI is InChI=1S/C22H34N6O2.HI/c1-5-23-21(26-16-22(3,29)19-9-8-17(2)30-19)25-15-18-7-6-10-24-20(18)28-13-11-27(4)12-14-28;/h6-10,29H,5,11-16H2,1-4H3,(H2,23,25,26);1H. The third-order valence-corrected chi connectivity index (χ3v) is 5.29. The summed E-state index contributed by atoms with van der Waals surface area (Å²) in [5, 5.41) is 17.3. The van der Waals surface area contributed by atoms with E-state index in [0.29, 0.717) is 18.3 Å². The number of nitrogens with one attached hydrogen (secondary N) is 2. The zero-order chi connectivity index (χ0) is 21.6. The van der Waals surface area contributed by atoms with Gasteiger partial charge >= 0.3 is 0 Å². The van der Waals surface area contributed by atoms with Gasteiger partial charge in [0.25, 0.3) is 0 Å². The molecule has 0 aliphatic carbocycles. The minimum absolute atomic E-state index is 0. The van der Waals surface area contributed by atoms with Gasteiger partial charge < -0.3 is 30.0 Å². The number of aliphatic hydroxyl groups is 1. The fourth-order valence-corrected chi connectivity index (χ4v) is 3.43. The van der Waals surface area contributed by atoms with Crippen LogP contribution in [0.5, 0.6) is 0 Å². The lowest BCUT2D eigenvalue weighted by Gasteiger charge is -2.34. The van der Waals surface area contributed by atoms with Gasteiger partial charge in [-0.3, -0.25) is 0 Å². The summed E-state index contributed by atoms with van der Waals surface area (Å²) in [5.41, 5.74) is -0.0447. The Morgan fingerprint density at radius 3 is 2.61 bits per heavy atom. The smallest absolute Gasteiger partial charge is 0.191 e. The van der Waals surface area contributed by atoms with Gasteiger partial charge in [-0.2, -0.15) is 0 Å². The van der Waals surface area contributed by atoms with E-state index in [0.717, 1.165) is 49.9 Å². The molecule has 0 saturated carbocycles. The van der Waals surface area contributed by atoms with Crippen LogP contribution in [-0.2, 0) is 12.1 Å². The van der Waals surface area contributed by atoms with Crippen molar-refractivity contribution in [3.8, 4) is 0 Å². The summed E-state index contributed by atoms with van der Waals surface area (Å²) in [6.07, 6.45) is 1.84. The van der Waals surface area contributed by atoms with Crippen molar-refractivity contribution in [3.63, 3.8) is 0 Å². The summed E-state index contributed by atoms with van der Waals surface area (Å²) in [5.74, 6) is 2.96. The largest absolute Gasteiger partial charge is 0.463 e. The van der Waals surface area contributed by atoms with Crippen LogP contribution in [0, 0.1) is 6.92 Å². The van der Waals surface area contributed by atoms with Crippen LogP contribution in [0.1, 0.15) is 30.9 Å². The molecule has 1 unspecified atom stereocenters. The van der Waals surface area contributed by atoms with E-state index in [9.17, 15) is 5.11 Å². The van der Waals surface area contributed by atoms with Crippen molar-refractivity contribution in [1.82, 2.24) is 20.5 Å². The Bertz CT molecular complexity index is 846. The number of pyridine rings is 1. The van der Waals surface area contributed by atoms with E-state index in [4.69, 9.17) is 9.41 Å². The average molecular weight is 542 g/mol. The number of rotatable bonds is 7. The van der Waals surface area contributed by atoms with Crippen LogP contribution in [0.15, 0.2) is 39.9 Å². The van der Waals surface area contributed by atoms with Crippen LogP contribution in [0.25, 0.3) is 0 Å². The van der Waals surface area contributed by atoms with Gasteiger partial charge in [0.05, 0.1) is 13.1 Å². The van der Waals surface area contributed by atoms with Crippen LogP contribution in [0.3, 0.4) is 0 Å². The maximum atomic E-state index is 10.8. The number of aryl methyl sites for hydroxylation is 1. The third-order valence-electron chi connectivity index (χ3n) is 5.29. The van der Waals surface area contributed by atoms with Crippen molar-refractivity contribution < 1.29 is 9.52 Å². The highest BCUT2D eigenvalue weighted by atomic mass is 127. The van der Waals surface area contributed by atoms with Crippen molar-refractivity contribution in [1.29, 1.82) is 0 Å². The first-order valence-corrected chi connectivity index (χ1v) is 10.6. The zero-order valence-corrected chi connectivity index (χ0v) is 21.2. The van der Waals surface area contributed by atoms with Gasteiger partial charge in [0.1, 0.15) is 22.9 Å². The lowest BCUT2D eigenvalue weighted by Crippen LogP contribution is -2.45. The Morgan fingerprint density at radius 2 is 1.97 bits per heavy atom. The van der Waals surface area contributed by atoms with Gasteiger partial charge in [-0.1, -0.05) is 6.07 Å². The number of piperazine rings is 1. The Kier molecular flexibility index (Phi) is 9.57. The highest BCUT2D eigenvalue weighted by molar-refractivity contribution is 14.0. The first-order valence-electron chi connectivity index (χ1n) is 10.6. The molecule has 3 rings (SSSR count). The molecule has 172 valence electrons. The van der Waals surface area contributed by atoms with Gasteiger partial charge in [-0.05, 0) is 46.0 Å². The highest BCUT2D eigenvalue weighted by Crippen LogP contribution is 2.22. The Hall–Kier alpha value is -1.85. The minimum atomic E-state index is -1.14. The Morgan fingerprint density at radius 1 is 1.23 bits per heavy atom. The van der Waals surface area contributed by atoms with Gasteiger partial charge in [0.15, 0.2) is 5.96 Å². The normalized spacial score (nSPS) is 17.1. The molecule has 1 saturated heterocycles. The van der Waals surface area contributed by atoms with Crippen LogP contribution in [0.2, 0.25) is 0 Å². The monoisotopic (exact) mass is 542 g/mol. The molecule has 9 heteroatoms. The molecule has 2 aromatic rings. The second kappa shape index (κ2) is 11.7. The maximum absolute atomic E-state index is 10.8. The molecule has 1 atom stereocenters. The van der Waals surface area contributed by atoms with E-state index < -0.39 is 5.60 Å². The number of halogens is 1. The fraction of sp³-hybridized carbons (Fsp3) is 0.545. The molecular formula is C22H35IN6O2. The Labute approximate surface area is 202 Å². The summed E-state index contributed by atoms with van der Waals surface area (Å²) < 4.78 is 5.59. The predicted octanol–water partition coefficient (Wildman–Crippen LogP) is 2.32. The van der Waals surface area contributed by atoms with Gasteiger partial charge in [-0.15, -0.1) is 24.0 Å². The van der Waals surface area contributed by atoms with Gasteiger partial charge in [0, 0.05) is 44.5 Å². The summed E-state index contributed by atoms with van der Waals surface area (Å²) in [6.45, 7) is 11.1. The molecule has 0 amide bonds. The molecule has 1 aliphatic heterocycles. The maximum Gasteiger partial charge on any atom is 0.191 e. The number of hydrogen-bond donors (Lipinski definition) is 3. The lowest BCUT2D eigenvalue weighted by atomic mass is 10.0. The zero-order valence-electron chi connectivity index (χ0n) is 18.9. The molecule has 3 heterocycles. The van der Waals surface area contributed by atoms with E-state index in [1.807, 2.05) is 32.2 Å². The summed E-state index contributed by atoms with van der Waals surface area (Å²) >= 11 is 0. The molecule has 31 heavy (non-hydrogen) atoms. The predicted molar refractivity (Wildman–Crippen MR) is 135 cm³/mol. The van der Waals surface area contributed by atoms with E-state index in [1.165, 1.54) is 0 Å². The molecule has 0 bridgehead atoms. The summed E-state index contributed by atoms with van der Waals surface area (Å²) in [4.78, 5) is 14.0. The quantitative estimate of drug-likeness (QED) is 0.281.